The summed E-state index contributed by atoms with van der Waals surface area (Å²) in [7, 11) is 0. The van der Waals surface area contributed by atoms with Gasteiger partial charge in [0.25, 0.3) is 0 Å². The molecule has 0 bridgehead atoms. The van der Waals surface area contributed by atoms with Crippen molar-refractivity contribution in [3.63, 3.8) is 0 Å². The Labute approximate surface area is 221 Å². The van der Waals surface area contributed by atoms with Gasteiger partial charge in [-0.15, -0.1) is 11.6 Å². The zero-order valence-corrected chi connectivity index (χ0v) is 22.9. The van der Waals surface area contributed by atoms with Gasteiger partial charge >= 0.3 is 11.9 Å². The molecular weight excluding hydrogens is 515 g/mol. The van der Waals surface area contributed by atoms with Gasteiger partial charge in [0, 0.05) is 25.1 Å². The number of halogens is 3. The maximum Gasteiger partial charge on any atom is 0.303 e. The summed E-state index contributed by atoms with van der Waals surface area (Å²) in [4.78, 5) is 22.5. The summed E-state index contributed by atoms with van der Waals surface area (Å²) in [5.74, 6) is 0.597. The van der Waals surface area contributed by atoms with Crippen molar-refractivity contribution in [1.29, 1.82) is 0 Å². The normalized spacial score (nSPS) is 12.1. The Morgan fingerprint density at radius 2 is 1.66 bits per heavy atom. The Bertz CT molecular complexity index is 1020. The number of rotatable bonds is 12. The van der Waals surface area contributed by atoms with Crippen LogP contribution in [0.5, 0.6) is 11.5 Å². The van der Waals surface area contributed by atoms with Crippen molar-refractivity contribution < 1.29 is 28.5 Å². The smallest absolute Gasteiger partial charge is 0.303 e. The van der Waals surface area contributed by atoms with E-state index in [0.29, 0.717) is 22.5 Å². The molecule has 2 aromatic rings. The second-order valence-corrected chi connectivity index (χ2v) is 9.72. The van der Waals surface area contributed by atoms with Gasteiger partial charge in [0.1, 0.15) is 19.0 Å². The zero-order chi connectivity index (χ0) is 26.2. The minimum atomic E-state index is -0.801. The van der Waals surface area contributed by atoms with Gasteiger partial charge in [-0.1, -0.05) is 49.2 Å². The van der Waals surface area contributed by atoms with Crippen LogP contribution in [-0.2, 0) is 24.5 Å². The maximum atomic E-state index is 11.4. The molecule has 0 saturated heterocycles. The van der Waals surface area contributed by atoms with E-state index >= 15 is 0 Å². The van der Waals surface area contributed by atoms with Gasteiger partial charge in [0.2, 0.25) is 0 Å². The van der Waals surface area contributed by atoms with E-state index in [9.17, 15) is 9.59 Å². The molecule has 0 fully saturated rings. The van der Waals surface area contributed by atoms with Crippen molar-refractivity contribution in [2.24, 2.45) is 0 Å². The summed E-state index contributed by atoms with van der Waals surface area (Å²) in [6.45, 7) is 8.94. The molecule has 0 aliphatic heterocycles. The van der Waals surface area contributed by atoms with E-state index in [4.69, 9.17) is 53.8 Å². The number of ether oxygens (including phenoxy) is 4. The van der Waals surface area contributed by atoms with Gasteiger partial charge in [-0.2, -0.15) is 0 Å². The molecule has 0 radical (unpaired) electrons. The first kappa shape index (κ1) is 29.1. The van der Waals surface area contributed by atoms with Crippen molar-refractivity contribution >= 4 is 46.7 Å². The predicted molar refractivity (Wildman–Crippen MR) is 138 cm³/mol. The van der Waals surface area contributed by atoms with Gasteiger partial charge < -0.3 is 18.9 Å². The molecule has 0 aliphatic rings. The lowest BCUT2D eigenvalue weighted by molar-refractivity contribution is -0.158. The van der Waals surface area contributed by atoms with Crippen LogP contribution >= 0.6 is 34.8 Å². The second-order valence-electron chi connectivity index (χ2n) is 8.56. The van der Waals surface area contributed by atoms with Crippen LogP contribution in [0.4, 0.5) is 0 Å². The molecule has 0 aromatic heterocycles. The van der Waals surface area contributed by atoms with Gasteiger partial charge in [0.15, 0.2) is 11.9 Å². The van der Waals surface area contributed by atoms with Crippen molar-refractivity contribution in [3.8, 4) is 11.5 Å². The SMILES string of the molecule is CC(=O)OC[C@H](COc1c(Cl)cc(C(C)(C)c2ccc(OCCCCl)cc2)c(C)c1Cl)OC(C)=O. The van der Waals surface area contributed by atoms with Crippen LogP contribution in [0.15, 0.2) is 30.3 Å². The second kappa shape index (κ2) is 13.2. The fraction of sp³-hybridized carbons (Fsp3) is 0.462. The van der Waals surface area contributed by atoms with Gasteiger partial charge in [-0.05, 0) is 48.2 Å². The number of esters is 2. The number of hydrogen-bond donors (Lipinski definition) is 0. The highest BCUT2D eigenvalue weighted by Crippen LogP contribution is 2.43. The van der Waals surface area contributed by atoms with Crippen molar-refractivity contribution in [3.05, 3.63) is 57.1 Å². The lowest BCUT2D eigenvalue weighted by atomic mass is 9.76. The first-order valence-electron chi connectivity index (χ1n) is 11.2. The fourth-order valence-electron chi connectivity index (χ4n) is 3.58. The monoisotopic (exact) mass is 544 g/mol. The summed E-state index contributed by atoms with van der Waals surface area (Å²) in [5, 5.41) is 0.675. The largest absolute Gasteiger partial charge is 0.494 e. The topological polar surface area (TPSA) is 71.1 Å². The molecule has 9 heteroatoms. The summed E-state index contributed by atoms with van der Waals surface area (Å²) in [6.07, 6.45) is -0.0183. The van der Waals surface area contributed by atoms with Crippen LogP contribution in [-0.4, -0.2) is 43.7 Å². The molecule has 0 amide bonds. The summed E-state index contributed by atoms with van der Waals surface area (Å²) in [5.41, 5.74) is 2.39. The van der Waals surface area contributed by atoms with Gasteiger partial charge in [-0.3, -0.25) is 9.59 Å². The Morgan fingerprint density at radius 1 is 1.00 bits per heavy atom. The van der Waals surface area contributed by atoms with Crippen molar-refractivity contribution in [1.82, 2.24) is 0 Å². The quantitative estimate of drug-likeness (QED) is 0.172. The maximum absolute atomic E-state index is 11.4. The highest BCUT2D eigenvalue weighted by molar-refractivity contribution is 6.37. The molecule has 0 spiro atoms. The highest BCUT2D eigenvalue weighted by Gasteiger charge is 2.29. The average Bonchev–Trinajstić information content (AvgIpc) is 2.79. The standard InChI is InChI=1S/C26H31Cl3O6/c1-16-22(26(4,5)19-7-9-20(10-8-19)32-12-6-11-27)13-23(28)25(24(16)29)34-15-21(35-18(3)31)14-33-17(2)30/h7-10,13,21H,6,11-12,14-15H2,1-5H3/t21-/m1/s1. The van der Waals surface area contributed by atoms with E-state index in [2.05, 4.69) is 13.8 Å². The van der Waals surface area contributed by atoms with E-state index in [1.54, 1.807) is 0 Å². The van der Waals surface area contributed by atoms with Crippen LogP contribution in [0, 0.1) is 6.92 Å². The van der Waals surface area contributed by atoms with E-state index in [0.717, 1.165) is 28.9 Å². The molecular formula is C26H31Cl3O6. The first-order chi connectivity index (χ1) is 16.5. The van der Waals surface area contributed by atoms with Gasteiger partial charge in [0.05, 0.1) is 16.7 Å². The summed E-state index contributed by atoms with van der Waals surface area (Å²) in [6, 6.07) is 9.72. The molecule has 2 rings (SSSR count). The first-order valence-corrected chi connectivity index (χ1v) is 12.5. The Kier molecular flexibility index (Phi) is 11.0. The third-order valence-electron chi connectivity index (χ3n) is 5.44. The number of alkyl halides is 1. The fourth-order valence-corrected chi connectivity index (χ4v) is 4.25. The molecule has 0 heterocycles. The summed E-state index contributed by atoms with van der Waals surface area (Å²) >= 11 is 19.0. The molecule has 192 valence electrons. The molecule has 0 unspecified atom stereocenters. The Morgan fingerprint density at radius 3 is 2.23 bits per heavy atom. The zero-order valence-electron chi connectivity index (χ0n) is 20.6. The average molecular weight is 546 g/mol. The summed E-state index contributed by atoms with van der Waals surface area (Å²) < 4.78 is 21.6. The third-order valence-corrected chi connectivity index (χ3v) is 6.44. The minimum Gasteiger partial charge on any atom is -0.494 e. The van der Waals surface area contributed by atoms with Crippen LogP contribution < -0.4 is 9.47 Å². The lowest BCUT2D eigenvalue weighted by Gasteiger charge is -2.30. The van der Waals surface area contributed by atoms with Crippen LogP contribution in [0.25, 0.3) is 0 Å². The molecule has 0 N–H and O–H groups in total. The highest BCUT2D eigenvalue weighted by atomic mass is 35.5. The number of carbonyl (C=O) groups excluding carboxylic acids is 2. The minimum absolute atomic E-state index is 0.0837. The number of hydrogen-bond acceptors (Lipinski definition) is 6. The number of carbonyl (C=O) groups is 2. The molecule has 2 aromatic carbocycles. The number of benzene rings is 2. The molecule has 35 heavy (non-hydrogen) atoms. The van der Waals surface area contributed by atoms with E-state index < -0.39 is 23.5 Å². The molecule has 0 aliphatic carbocycles. The van der Waals surface area contributed by atoms with Gasteiger partial charge in [-0.25, -0.2) is 0 Å². The van der Waals surface area contributed by atoms with Crippen LogP contribution in [0.2, 0.25) is 10.0 Å². The van der Waals surface area contributed by atoms with Crippen molar-refractivity contribution in [2.45, 2.75) is 52.6 Å². The van der Waals surface area contributed by atoms with Crippen LogP contribution in [0.3, 0.4) is 0 Å². The molecule has 6 nitrogen and oxygen atoms in total. The Balaban J connectivity index is 2.25. The Hall–Kier alpha value is -2.15. The van der Waals surface area contributed by atoms with E-state index in [-0.39, 0.29) is 19.0 Å². The third kappa shape index (κ3) is 8.19. The molecule has 0 saturated carbocycles. The van der Waals surface area contributed by atoms with Crippen molar-refractivity contribution in [2.75, 3.05) is 25.7 Å². The van der Waals surface area contributed by atoms with E-state index in [1.807, 2.05) is 37.3 Å². The predicted octanol–water partition coefficient (Wildman–Crippen LogP) is 6.51. The van der Waals surface area contributed by atoms with Crippen LogP contribution in [0.1, 0.15) is 50.8 Å². The molecule has 1 atom stereocenters. The van der Waals surface area contributed by atoms with E-state index in [1.165, 1.54) is 13.8 Å². The lowest BCUT2D eigenvalue weighted by Crippen LogP contribution is -2.30.